The molecule has 0 bridgehead atoms. The van der Waals surface area contributed by atoms with Gasteiger partial charge in [-0.15, -0.1) is 13.2 Å². The molecule has 1 aromatic carbocycles. The Morgan fingerprint density at radius 3 is 2.60 bits per heavy atom. The number of anilines is 2. The second kappa shape index (κ2) is 12.0. The summed E-state index contributed by atoms with van der Waals surface area (Å²) in [6, 6.07) is 6.02. The van der Waals surface area contributed by atoms with E-state index >= 15 is 0 Å². The van der Waals surface area contributed by atoms with Gasteiger partial charge in [0.15, 0.2) is 0 Å². The van der Waals surface area contributed by atoms with Crippen molar-refractivity contribution in [2.45, 2.75) is 57.6 Å². The zero-order chi connectivity index (χ0) is 25.4. The van der Waals surface area contributed by atoms with E-state index in [9.17, 15) is 28.4 Å². The summed E-state index contributed by atoms with van der Waals surface area (Å²) < 4.78 is 41.9. The molecule has 35 heavy (non-hydrogen) atoms. The van der Waals surface area contributed by atoms with Gasteiger partial charge in [-0.05, 0) is 44.6 Å². The first kappa shape index (κ1) is 26.4. The Kier molecular flexibility index (Phi) is 9.04. The van der Waals surface area contributed by atoms with E-state index in [1.54, 1.807) is 6.07 Å². The number of alkyl halides is 3. The van der Waals surface area contributed by atoms with Crippen LogP contribution in [-0.2, 0) is 6.54 Å². The van der Waals surface area contributed by atoms with E-state index in [4.69, 9.17) is 0 Å². The van der Waals surface area contributed by atoms with Crippen LogP contribution < -0.4 is 20.7 Å². The van der Waals surface area contributed by atoms with E-state index in [-0.39, 0.29) is 48.0 Å². The summed E-state index contributed by atoms with van der Waals surface area (Å²) in [5.74, 6) is 0.0216. The van der Waals surface area contributed by atoms with Crippen LogP contribution in [0, 0.1) is 16.0 Å². The highest BCUT2D eigenvalue weighted by molar-refractivity contribution is 5.57. The number of nitro groups is 1. The van der Waals surface area contributed by atoms with Crippen molar-refractivity contribution in [2.24, 2.45) is 5.92 Å². The highest BCUT2D eigenvalue weighted by Gasteiger charge is 2.32. The standard InChI is InChI=1S/C22H29F3N6O4/c1-14(13-32)29-17-8-6-15(7-9-17)10-26-20-18(31(33)34)12-28-21(30-20)27-11-16-4-2-3-5-19(16)35-22(23,24)25/h2-5,12,14-15,17,29,32H,6-11,13H2,1H3,(H2,26,27,28,30)/t14-,15-,17+/m0/s1. The normalized spacial score (nSPS) is 19.1. The monoisotopic (exact) mass is 498 g/mol. The lowest BCUT2D eigenvalue weighted by atomic mass is 9.85. The molecule has 1 aromatic heterocycles. The van der Waals surface area contributed by atoms with Crippen LogP contribution in [0.5, 0.6) is 5.75 Å². The zero-order valence-corrected chi connectivity index (χ0v) is 19.2. The van der Waals surface area contributed by atoms with Gasteiger partial charge in [0, 0.05) is 30.7 Å². The lowest BCUT2D eigenvalue weighted by molar-refractivity contribution is -0.384. The van der Waals surface area contributed by atoms with Gasteiger partial charge in [-0.25, -0.2) is 4.98 Å². The fourth-order valence-corrected chi connectivity index (χ4v) is 4.00. The minimum absolute atomic E-state index is 0.0332. The highest BCUT2D eigenvalue weighted by Crippen LogP contribution is 2.29. The van der Waals surface area contributed by atoms with Gasteiger partial charge in [-0.1, -0.05) is 18.2 Å². The number of halogens is 3. The average molecular weight is 499 g/mol. The van der Waals surface area contributed by atoms with Crippen molar-refractivity contribution >= 4 is 17.5 Å². The van der Waals surface area contributed by atoms with Gasteiger partial charge < -0.3 is 25.8 Å². The lowest BCUT2D eigenvalue weighted by Gasteiger charge is -2.31. The van der Waals surface area contributed by atoms with Crippen molar-refractivity contribution in [3.05, 3.63) is 46.1 Å². The van der Waals surface area contributed by atoms with Crippen molar-refractivity contribution in [3.8, 4) is 5.75 Å². The number of nitrogens with one attached hydrogen (secondary N) is 3. The second-order valence-corrected chi connectivity index (χ2v) is 8.54. The van der Waals surface area contributed by atoms with E-state index in [1.807, 2.05) is 6.92 Å². The maximum Gasteiger partial charge on any atom is 0.573 e. The Hall–Kier alpha value is -3.19. The molecule has 1 atom stereocenters. The molecule has 13 heteroatoms. The number of nitrogens with zero attached hydrogens (tertiary/aromatic N) is 3. The van der Waals surface area contributed by atoms with Crippen LogP contribution in [0.4, 0.5) is 30.6 Å². The van der Waals surface area contributed by atoms with Crippen molar-refractivity contribution in [3.63, 3.8) is 0 Å². The largest absolute Gasteiger partial charge is 0.573 e. The van der Waals surface area contributed by atoms with E-state index in [0.29, 0.717) is 18.5 Å². The van der Waals surface area contributed by atoms with Crippen LogP contribution >= 0.6 is 0 Å². The molecule has 0 unspecified atom stereocenters. The summed E-state index contributed by atoms with van der Waals surface area (Å²) in [6.07, 6.45) is -0.0503. The number of ether oxygens (including phenoxy) is 1. The first-order valence-corrected chi connectivity index (χ1v) is 11.3. The van der Waals surface area contributed by atoms with Gasteiger partial charge in [0.1, 0.15) is 11.9 Å². The fraction of sp³-hybridized carbons (Fsp3) is 0.545. The van der Waals surface area contributed by atoms with Crippen LogP contribution in [-0.4, -0.2) is 51.6 Å². The summed E-state index contributed by atoms with van der Waals surface area (Å²) in [5.41, 5.74) is -0.0642. The Labute approximate surface area is 200 Å². The molecule has 1 saturated carbocycles. The summed E-state index contributed by atoms with van der Waals surface area (Å²) in [4.78, 5) is 19.0. The van der Waals surface area contributed by atoms with E-state index in [0.717, 1.165) is 31.9 Å². The predicted octanol–water partition coefficient (Wildman–Crippen LogP) is 3.84. The van der Waals surface area contributed by atoms with Gasteiger partial charge in [-0.2, -0.15) is 4.98 Å². The summed E-state index contributed by atoms with van der Waals surface area (Å²) in [6.45, 7) is 2.42. The second-order valence-electron chi connectivity index (χ2n) is 8.54. The first-order chi connectivity index (χ1) is 16.6. The number of aromatic nitrogens is 2. The summed E-state index contributed by atoms with van der Waals surface area (Å²) in [7, 11) is 0. The number of rotatable bonds is 11. The Bertz CT molecular complexity index is 986. The van der Waals surface area contributed by atoms with Crippen LogP contribution in [0.25, 0.3) is 0 Å². The molecule has 0 aliphatic heterocycles. The van der Waals surface area contributed by atoms with Gasteiger partial charge >= 0.3 is 12.0 Å². The third-order valence-corrected chi connectivity index (χ3v) is 5.80. The molecule has 1 aliphatic rings. The molecular formula is C22H29F3N6O4. The molecule has 192 valence electrons. The third-order valence-electron chi connectivity index (χ3n) is 5.80. The minimum Gasteiger partial charge on any atom is -0.405 e. The molecule has 0 saturated heterocycles. The van der Waals surface area contributed by atoms with Crippen LogP contribution in [0.15, 0.2) is 30.5 Å². The maximum absolute atomic E-state index is 12.6. The van der Waals surface area contributed by atoms with Gasteiger partial charge in [-0.3, -0.25) is 10.1 Å². The van der Waals surface area contributed by atoms with Crippen LogP contribution in [0.2, 0.25) is 0 Å². The molecule has 2 aromatic rings. The number of aliphatic hydroxyl groups excluding tert-OH is 1. The van der Waals surface area contributed by atoms with Gasteiger partial charge in [0.2, 0.25) is 11.8 Å². The topological polar surface area (TPSA) is 134 Å². The number of aliphatic hydroxyl groups is 1. The fourth-order valence-electron chi connectivity index (χ4n) is 4.00. The van der Waals surface area contributed by atoms with Crippen LogP contribution in [0.3, 0.4) is 0 Å². The predicted molar refractivity (Wildman–Crippen MR) is 123 cm³/mol. The summed E-state index contributed by atoms with van der Waals surface area (Å²) in [5, 5.41) is 29.8. The molecule has 0 amide bonds. The Balaban J connectivity index is 1.61. The highest BCUT2D eigenvalue weighted by atomic mass is 19.4. The van der Waals surface area contributed by atoms with Crippen molar-refractivity contribution in [1.29, 1.82) is 0 Å². The average Bonchev–Trinajstić information content (AvgIpc) is 2.82. The van der Waals surface area contributed by atoms with E-state index in [1.165, 1.54) is 18.2 Å². The molecule has 1 aliphatic carbocycles. The zero-order valence-electron chi connectivity index (χ0n) is 19.2. The molecule has 0 radical (unpaired) electrons. The first-order valence-electron chi connectivity index (χ1n) is 11.3. The van der Waals surface area contributed by atoms with Gasteiger partial charge in [0.25, 0.3) is 0 Å². The summed E-state index contributed by atoms with van der Waals surface area (Å²) >= 11 is 0. The molecule has 0 spiro atoms. The van der Waals surface area contributed by atoms with Crippen molar-refractivity contribution in [2.75, 3.05) is 23.8 Å². The molecule has 10 nitrogen and oxygen atoms in total. The SMILES string of the molecule is C[C@@H](CO)N[C@H]1CC[C@@H](CNc2nc(NCc3ccccc3OC(F)(F)F)ncc2[N+](=O)[O-])CC1. The quantitative estimate of drug-likeness (QED) is 0.269. The number of para-hydroxylation sites is 1. The smallest absolute Gasteiger partial charge is 0.405 e. The van der Waals surface area contributed by atoms with Crippen molar-refractivity contribution in [1.82, 2.24) is 15.3 Å². The molecular weight excluding hydrogens is 469 g/mol. The number of benzene rings is 1. The van der Waals surface area contributed by atoms with Crippen molar-refractivity contribution < 1.29 is 27.9 Å². The number of hydrogen-bond acceptors (Lipinski definition) is 9. The molecule has 1 fully saturated rings. The van der Waals surface area contributed by atoms with E-state index < -0.39 is 11.3 Å². The molecule has 4 N–H and O–H groups in total. The molecule has 1 heterocycles. The third kappa shape index (κ3) is 8.21. The number of hydrogen-bond donors (Lipinski definition) is 4. The Morgan fingerprint density at radius 1 is 1.23 bits per heavy atom. The molecule has 3 rings (SSSR count). The minimum atomic E-state index is -4.83. The Morgan fingerprint density at radius 2 is 1.94 bits per heavy atom. The van der Waals surface area contributed by atoms with E-state index in [2.05, 4.69) is 30.7 Å². The maximum atomic E-state index is 12.6. The van der Waals surface area contributed by atoms with Gasteiger partial charge in [0.05, 0.1) is 11.5 Å². The van der Waals surface area contributed by atoms with Crippen LogP contribution in [0.1, 0.15) is 38.2 Å². The lowest BCUT2D eigenvalue weighted by Crippen LogP contribution is -2.41.